The summed E-state index contributed by atoms with van der Waals surface area (Å²) >= 11 is 0. The van der Waals surface area contributed by atoms with Crippen molar-refractivity contribution in [1.29, 1.82) is 0 Å². The van der Waals surface area contributed by atoms with Crippen molar-refractivity contribution in [2.45, 2.75) is 26.3 Å². The molecule has 0 radical (unpaired) electrons. The molecule has 0 aliphatic heterocycles. The maximum absolute atomic E-state index is 10.8. The molecule has 76 valence electrons. The number of para-hydroxylation sites is 1. The fraction of sp³-hybridized carbons (Fsp3) is 0.400. The number of rotatable bonds is 3. The fourth-order valence-electron chi connectivity index (χ4n) is 1.49. The second kappa shape index (κ2) is 4.19. The summed E-state index contributed by atoms with van der Waals surface area (Å²) in [6.07, 6.45) is 0.540. The van der Waals surface area contributed by atoms with Gasteiger partial charge in [-0.2, -0.15) is 0 Å². The van der Waals surface area contributed by atoms with Gasteiger partial charge in [0.1, 0.15) is 0 Å². The van der Waals surface area contributed by atoms with Crippen molar-refractivity contribution >= 4 is 5.69 Å². The predicted octanol–water partition coefficient (Wildman–Crippen LogP) is 1.79. The molecular formula is C10H14N2O2. The lowest BCUT2D eigenvalue weighted by atomic mass is 10.0. The van der Waals surface area contributed by atoms with E-state index < -0.39 is 0 Å². The van der Waals surface area contributed by atoms with E-state index >= 15 is 0 Å². The van der Waals surface area contributed by atoms with Gasteiger partial charge in [-0.05, 0) is 20.3 Å². The first-order valence-corrected chi connectivity index (χ1v) is 4.51. The van der Waals surface area contributed by atoms with Gasteiger partial charge in [-0.15, -0.1) is 0 Å². The molecule has 0 aromatic heterocycles. The maximum Gasteiger partial charge on any atom is 0.275 e. The van der Waals surface area contributed by atoms with Crippen molar-refractivity contribution in [3.05, 3.63) is 39.4 Å². The number of benzene rings is 1. The van der Waals surface area contributed by atoms with Crippen LogP contribution in [0.25, 0.3) is 0 Å². The smallest absolute Gasteiger partial charge is 0.275 e. The normalized spacial score (nSPS) is 12.5. The Hall–Kier alpha value is -1.42. The molecule has 1 atom stereocenters. The van der Waals surface area contributed by atoms with E-state index in [9.17, 15) is 10.1 Å². The molecule has 4 heteroatoms. The summed E-state index contributed by atoms with van der Waals surface area (Å²) in [5.41, 5.74) is 7.22. The SMILES string of the molecule is Cc1cccc(C[C@@H](C)N)c1[N+](=O)[O-]. The Morgan fingerprint density at radius 1 is 1.57 bits per heavy atom. The Bertz CT molecular complexity index is 348. The molecule has 0 aliphatic carbocycles. The van der Waals surface area contributed by atoms with Gasteiger partial charge < -0.3 is 5.73 Å². The second-order valence-corrected chi connectivity index (χ2v) is 3.52. The third-order valence-electron chi connectivity index (χ3n) is 2.05. The van der Waals surface area contributed by atoms with Gasteiger partial charge in [0.05, 0.1) is 4.92 Å². The van der Waals surface area contributed by atoms with Gasteiger partial charge in [-0.3, -0.25) is 10.1 Å². The number of aryl methyl sites for hydroxylation is 1. The van der Waals surface area contributed by atoms with E-state index in [1.807, 2.05) is 13.0 Å². The van der Waals surface area contributed by atoms with Crippen molar-refractivity contribution in [2.24, 2.45) is 5.73 Å². The molecule has 0 heterocycles. The van der Waals surface area contributed by atoms with Crippen LogP contribution in [0.3, 0.4) is 0 Å². The lowest BCUT2D eigenvalue weighted by Crippen LogP contribution is -2.18. The van der Waals surface area contributed by atoms with Gasteiger partial charge in [-0.1, -0.05) is 18.2 Å². The summed E-state index contributed by atoms with van der Waals surface area (Å²) in [7, 11) is 0. The van der Waals surface area contributed by atoms with E-state index in [1.165, 1.54) is 0 Å². The highest BCUT2D eigenvalue weighted by atomic mass is 16.6. The van der Waals surface area contributed by atoms with E-state index in [0.717, 1.165) is 0 Å². The predicted molar refractivity (Wildman–Crippen MR) is 55.2 cm³/mol. The second-order valence-electron chi connectivity index (χ2n) is 3.52. The number of nitro benzene ring substituents is 1. The highest BCUT2D eigenvalue weighted by Crippen LogP contribution is 2.23. The molecular weight excluding hydrogens is 180 g/mol. The van der Waals surface area contributed by atoms with E-state index in [2.05, 4.69) is 0 Å². The van der Waals surface area contributed by atoms with Gasteiger partial charge in [0.15, 0.2) is 0 Å². The number of nitrogens with zero attached hydrogens (tertiary/aromatic N) is 1. The molecule has 4 nitrogen and oxygen atoms in total. The summed E-state index contributed by atoms with van der Waals surface area (Å²) in [5.74, 6) is 0. The maximum atomic E-state index is 10.8. The minimum atomic E-state index is -0.340. The van der Waals surface area contributed by atoms with E-state index in [1.54, 1.807) is 19.1 Å². The zero-order valence-electron chi connectivity index (χ0n) is 8.36. The molecule has 0 bridgehead atoms. The lowest BCUT2D eigenvalue weighted by molar-refractivity contribution is -0.386. The molecule has 0 saturated heterocycles. The summed E-state index contributed by atoms with van der Waals surface area (Å²) in [5, 5.41) is 10.8. The topological polar surface area (TPSA) is 69.2 Å². The lowest BCUT2D eigenvalue weighted by Gasteiger charge is -2.07. The van der Waals surface area contributed by atoms with Crippen molar-refractivity contribution < 1.29 is 4.92 Å². The average Bonchev–Trinajstić information content (AvgIpc) is 2.01. The summed E-state index contributed by atoms with van der Waals surface area (Å²) < 4.78 is 0. The Morgan fingerprint density at radius 2 is 2.21 bits per heavy atom. The van der Waals surface area contributed by atoms with Crippen LogP contribution in [0.2, 0.25) is 0 Å². The first-order valence-electron chi connectivity index (χ1n) is 4.51. The van der Waals surface area contributed by atoms with Crippen LogP contribution in [0.15, 0.2) is 18.2 Å². The standard InChI is InChI=1S/C10H14N2O2/c1-7-4-3-5-9(6-8(2)11)10(7)12(13)14/h3-5,8H,6,11H2,1-2H3/t8-/m1/s1. The molecule has 1 rings (SSSR count). The van der Waals surface area contributed by atoms with Crippen LogP contribution in [-0.4, -0.2) is 11.0 Å². The number of hydrogen-bond acceptors (Lipinski definition) is 3. The third-order valence-corrected chi connectivity index (χ3v) is 2.05. The van der Waals surface area contributed by atoms with Crippen molar-refractivity contribution in [3.8, 4) is 0 Å². The van der Waals surface area contributed by atoms with Gasteiger partial charge in [0, 0.05) is 17.2 Å². The highest BCUT2D eigenvalue weighted by molar-refractivity contribution is 5.47. The van der Waals surface area contributed by atoms with Crippen LogP contribution in [0.5, 0.6) is 0 Å². The first kappa shape index (κ1) is 10.7. The van der Waals surface area contributed by atoms with Gasteiger partial charge >= 0.3 is 0 Å². The molecule has 0 fully saturated rings. The van der Waals surface area contributed by atoms with Gasteiger partial charge in [-0.25, -0.2) is 0 Å². The van der Waals surface area contributed by atoms with Crippen LogP contribution in [0.4, 0.5) is 5.69 Å². The third kappa shape index (κ3) is 2.29. The minimum Gasteiger partial charge on any atom is -0.328 e. The van der Waals surface area contributed by atoms with Crippen LogP contribution in [-0.2, 0) is 6.42 Å². The molecule has 14 heavy (non-hydrogen) atoms. The number of nitro groups is 1. The molecule has 1 aromatic carbocycles. The molecule has 1 aromatic rings. The number of hydrogen-bond donors (Lipinski definition) is 1. The Kier molecular flexibility index (Phi) is 3.19. The van der Waals surface area contributed by atoms with Crippen LogP contribution < -0.4 is 5.73 Å². The van der Waals surface area contributed by atoms with E-state index in [-0.39, 0.29) is 16.7 Å². The molecule has 0 saturated carbocycles. The summed E-state index contributed by atoms with van der Waals surface area (Å²) in [6.45, 7) is 3.58. The van der Waals surface area contributed by atoms with E-state index in [0.29, 0.717) is 17.5 Å². The van der Waals surface area contributed by atoms with Crippen molar-refractivity contribution in [3.63, 3.8) is 0 Å². The van der Waals surface area contributed by atoms with Crippen LogP contribution >= 0.6 is 0 Å². The Labute approximate surface area is 82.9 Å². The Morgan fingerprint density at radius 3 is 2.71 bits per heavy atom. The molecule has 0 aliphatic rings. The van der Waals surface area contributed by atoms with Crippen LogP contribution in [0.1, 0.15) is 18.1 Å². The molecule has 0 spiro atoms. The highest BCUT2D eigenvalue weighted by Gasteiger charge is 2.16. The van der Waals surface area contributed by atoms with Gasteiger partial charge in [0.25, 0.3) is 5.69 Å². The zero-order chi connectivity index (χ0) is 10.7. The first-order chi connectivity index (χ1) is 6.52. The number of nitrogens with two attached hydrogens (primary N) is 1. The monoisotopic (exact) mass is 194 g/mol. The van der Waals surface area contributed by atoms with Gasteiger partial charge in [0.2, 0.25) is 0 Å². The molecule has 0 amide bonds. The quantitative estimate of drug-likeness (QED) is 0.589. The average molecular weight is 194 g/mol. The fourth-order valence-corrected chi connectivity index (χ4v) is 1.49. The van der Waals surface area contributed by atoms with Crippen LogP contribution in [0, 0.1) is 17.0 Å². The Balaban J connectivity index is 3.14. The van der Waals surface area contributed by atoms with Crippen molar-refractivity contribution in [2.75, 3.05) is 0 Å². The molecule has 2 N–H and O–H groups in total. The largest absolute Gasteiger partial charge is 0.328 e. The zero-order valence-corrected chi connectivity index (χ0v) is 8.36. The molecule has 0 unspecified atom stereocenters. The summed E-state index contributed by atoms with van der Waals surface area (Å²) in [4.78, 5) is 10.4. The summed E-state index contributed by atoms with van der Waals surface area (Å²) in [6, 6.07) is 5.26. The van der Waals surface area contributed by atoms with E-state index in [4.69, 9.17) is 5.73 Å². The van der Waals surface area contributed by atoms with Crippen molar-refractivity contribution in [1.82, 2.24) is 0 Å². The minimum absolute atomic E-state index is 0.0597.